The van der Waals surface area contributed by atoms with E-state index in [0.29, 0.717) is 37.1 Å². The van der Waals surface area contributed by atoms with Gasteiger partial charge < -0.3 is 42.6 Å². The Kier molecular flexibility index (Phi) is 12.3. The zero-order chi connectivity index (χ0) is 44.3. The number of hydrogen-bond donors (Lipinski definition) is 0. The van der Waals surface area contributed by atoms with E-state index in [-0.39, 0.29) is 34.6 Å². The van der Waals surface area contributed by atoms with E-state index in [1.807, 2.05) is 72.8 Å². The SMILES string of the molecule is CC(C)(c1ccc(OCC2CO2)cc1)c1ccc(OC(Oc2ccc(C(C)(C)c3ccc(OCC4CO4)cc3)cc2)Oc2ccc(C(C)(C)c3ccc(OCC4CO4)cc3)cc2)cc1. The van der Waals surface area contributed by atoms with Gasteiger partial charge in [-0.1, -0.05) is 114 Å². The molecule has 332 valence electrons. The molecule has 0 radical (unpaired) electrons. The van der Waals surface area contributed by atoms with Gasteiger partial charge in [-0.15, -0.1) is 0 Å². The van der Waals surface area contributed by atoms with Crippen LogP contribution in [-0.4, -0.2) is 64.4 Å². The summed E-state index contributed by atoms with van der Waals surface area (Å²) in [6, 6.07) is 49.2. The third-order valence-corrected chi connectivity index (χ3v) is 12.7. The van der Waals surface area contributed by atoms with Gasteiger partial charge in [-0.25, -0.2) is 0 Å². The maximum Gasteiger partial charge on any atom is 0.406 e. The maximum atomic E-state index is 6.49. The van der Waals surface area contributed by atoms with Crippen LogP contribution in [0.2, 0.25) is 0 Å². The van der Waals surface area contributed by atoms with Gasteiger partial charge in [0.25, 0.3) is 0 Å². The number of benzene rings is 6. The molecule has 0 amide bonds. The van der Waals surface area contributed by atoms with Crippen LogP contribution in [0.3, 0.4) is 0 Å². The fourth-order valence-electron chi connectivity index (χ4n) is 7.72. The van der Waals surface area contributed by atoms with E-state index in [2.05, 4.69) is 114 Å². The maximum absolute atomic E-state index is 6.49. The lowest BCUT2D eigenvalue weighted by molar-refractivity contribution is -0.140. The first kappa shape index (κ1) is 43.3. The number of ether oxygens (including phenoxy) is 9. The fourth-order valence-corrected chi connectivity index (χ4v) is 7.72. The highest BCUT2D eigenvalue weighted by atomic mass is 16.8. The van der Waals surface area contributed by atoms with Crippen molar-refractivity contribution in [3.8, 4) is 34.5 Å². The second kappa shape index (κ2) is 18.2. The van der Waals surface area contributed by atoms with Crippen molar-refractivity contribution in [3.63, 3.8) is 0 Å². The fraction of sp³-hybridized carbons (Fsp3) is 0.345. The Balaban J connectivity index is 0.900. The molecular formula is C55H58O9. The molecule has 0 aliphatic carbocycles. The smallest absolute Gasteiger partial charge is 0.406 e. The Hall–Kier alpha value is -6.00. The number of epoxide rings is 3. The van der Waals surface area contributed by atoms with Gasteiger partial charge in [0.1, 0.15) is 72.6 Å². The highest BCUT2D eigenvalue weighted by Crippen LogP contribution is 2.37. The summed E-state index contributed by atoms with van der Waals surface area (Å²) in [6.45, 7) is 16.3. The molecule has 0 spiro atoms. The first-order chi connectivity index (χ1) is 30.9. The molecule has 6 aromatic carbocycles. The van der Waals surface area contributed by atoms with Crippen molar-refractivity contribution in [1.82, 2.24) is 0 Å². The van der Waals surface area contributed by atoms with Crippen LogP contribution in [0.4, 0.5) is 0 Å². The molecule has 0 aromatic heterocycles. The Bertz CT molecular complexity index is 2150. The van der Waals surface area contributed by atoms with E-state index in [0.717, 1.165) is 53.8 Å². The lowest BCUT2D eigenvalue weighted by Gasteiger charge is -2.28. The summed E-state index contributed by atoms with van der Waals surface area (Å²) in [6.07, 6.45) is 0.652. The highest BCUT2D eigenvalue weighted by molar-refractivity contribution is 5.45. The Morgan fingerprint density at radius 1 is 0.344 bits per heavy atom. The average Bonchev–Trinajstić information content (AvgIpc) is 4.15. The van der Waals surface area contributed by atoms with Gasteiger partial charge in [0.15, 0.2) is 0 Å². The van der Waals surface area contributed by atoms with E-state index in [9.17, 15) is 0 Å². The van der Waals surface area contributed by atoms with E-state index in [1.54, 1.807) is 0 Å². The molecule has 6 aromatic rings. The summed E-state index contributed by atoms with van der Waals surface area (Å²) in [4.78, 5) is 0. The molecule has 9 nitrogen and oxygen atoms in total. The number of rotatable bonds is 21. The molecule has 64 heavy (non-hydrogen) atoms. The molecular weight excluding hydrogens is 805 g/mol. The van der Waals surface area contributed by atoms with Crippen LogP contribution in [-0.2, 0) is 30.5 Å². The summed E-state index contributed by atoms with van der Waals surface area (Å²) >= 11 is 0. The van der Waals surface area contributed by atoms with Crippen molar-refractivity contribution < 1.29 is 42.6 Å². The zero-order valence-electron chi connectivity index (χ0n) is 37.6. The molecule has 9 heteroatoms. The molecule has 3 fully saturated rings. The standard InChI is InChI=1S/C55H58O9/c1-53(2,37-7-19-43(20-8-37)56-31-49-34-59-49)40-13-25-46(26-14-40)62-52(63-47-27-15-41(16-28-47)54(3,4)38-9-21-44(22-10-38)57-32-50-35-60-50)64-48-29-17-42(18-30-48)55(5,6)39-11-23-45(24-12-39)58-33-51-36-61-51/h7-30,49-52H,31-36H2,1-6H3. The van der Waals surface area contributed by atoms with Crippen molar-refractivity contribution in [2.45, 2.75) is 82.6 Å². The highest BCUT2D eigenvalue weighted by Gasteiger charge is 2.29. The molecule has 0 bridgehead atoms. The molecule has 0 saturated carbocycles. The third-order valence-electron chi connectivity index (χ3n) is 12.7. The van der Waals surface area contributed by atoms with Crippen LogP contribution < -0.4 is 28.4 Å². The van der Waals surface area contributed by atoms with Crippen molar-refractivity contribution in [2.75, 3.05) is 39.6 Å². The van der Waals surface area contributed by atoms with Crippen molar-refractivity contribution in [1.29, 1.82) is 0 Å². The Morgan fingerprint density at radius 2 is 0.531 bits per heavy atom. The van der Waals surface area contributed by atoms with Crippen molar-refractivity contribution in [3.05, 3.63) is 179 Å². The van der Waals surface area contributed by atoms with Crippen LogP contribution in [0.25, 0.3) is 0 Å². The van der Waals surface area contributed by atoms with Gasteiger partial charge in [-0.3, -0.25) is 0 Å². The zero-order valence-corrected chi connectivity index (χ0v) is 37.6. The second-order valence-corrected chi connectivity index (χ2v) is 18.5. The summed E-state index contributed by atoms with van der Waals surface area (Å²) in [5.74, 6) is 4.36. The second-order valence-electron chi connectivity index (χ2n) is 18.5. The van der Waals surface area contributed by atoms with Gasteiger partial charge in [0.2, 0.25) is 0 Å². The average molecular weight is 863 g/mol. The van der Waals surface area contributed by atoms with Crippen LogP contribution >= 0.6 is 0 Å². The first-order valence-electron chi connectivity index (χ1n) is 22.2. The van der Waals surface area contributed by atoms with Gasteiger partial charge in [0, 0.05) is 16.2 Å². The normalized spacial score (nSPS) is 18.4. The predicted molar refractivity (Wildman–Crippen MR) is 246 cm³/mol. The van der Waals surface area contributed by atoms with E-state index in [4.69, 9.17) is 42.6 Å². The molecule has 3 atom stereocenters. The van der Waals surface area contributed by atoms with Gasteiger partial charge in [-0.05, 0) is 106 Å². The summed E-state index contributed by atoms with van der Waals surface area (Å²) in [7, 11) is 0. The minimum Gasteiger partial charge on any atom is -0.491 e. The summed E-state index contributed by atoms with van der Waals surface area (Å²) < 4.78 is 52.9. The number of hydrogen-bond acceptors (Lipinski definition) is 9. The molecule has 3 aliphatic rings. The van der Waals surface area contributed by atoms with E-state index < -0.39 is 6.48 Å². The van der Waals surface area contributed by atoms with Crippen LogP contribution in [0.1, 0.15) is 74.9 Å². The largest absolute Gasteiger partial charge is 0.491 e. The van der Waals surface area contributed by atoms with Crippen molar-refractivity contribution >= 4 is 0 Å². The molecule has 3 aliphatic heterocycles. The van der Waals surface area contributed by atoms with Crippen LogP contribution in [0.5, 0.6) is 34.5 Å². The lowest BCUT2D eigenvalue weighted by Crippen LogP contribution is -2.30. The minimum absolute atomic E-state index is 0.217. The lowest BCUT2D eigenvalue weighted by atomic mass is 9.78. The Labute approximate surface area is 377 Å². The third kappa shape index (κ3) is 10.7. The first-order valence-corrected chi connectivity index (χ1v) is 22.2. The summed E-state index contributed by atoms with van der Waals surface area (Å²) in [5, 5.41) is 0. The van der Waals surface area contributed by atoms with Gasteiger partial charge >= 0.3 is 6.48 Å². The predicted octanol–water partition coefficient (Wildman–Crippen LogP) is 10.8. The van der Waals surface area contributed by atoms with Gasteiger partial charge in [-0.2, -0.15) is 0 Å². The van der Waals surface area contributed by atoms with E-state index in [1.165, 1.54) is 16.7 Å². The molecule has 9 rings (SSSR count). The minimum atomic E-state index is -1.09. The Morgan fingerprint density at radius 3 is 0.719 bits per heavy atom. The van der Waals surface area contributed by atoms with Crippen LogP contribution in [0, 0.1) is 0 Å². The van der Waals surface area contributed by atoms with Crippen LogP contribution in [0.15, 0.2) is 146 Å². The van der Waals surface area contributed by atoms with E-state index >= 15 is 0 Å². The van der Waals surface area contributed by atoms with Gasteiger partial charge in [0.05, 0.1) is 19.8 Å². The molecule has 3 heterocycles. The molecule has 0 N–H and O–H groups in total. The summed E-state index contributed by atoms with van der Waals surface area (Å²) in [5.41, 5.74) is 6.14. The quantitative estimate of drug-likeness (QED) is 0.0518. The van der Waals surface area contributed by atoms with Crippen molar-refractivity contribution in [2.24, 2.45) is 0 Å². The molecule has 3 saturated heterocycles. The molecule has 3 unspecified atom stereocenters. The monoisotopic (exact) mass is 862 g/mol. The topological polar surface area (TPSA) is 93.0 Å².